The van der Waals surface area contributed by atoms with E-state index < -0.39 is 17.6 Å². The molecule has 0 saturated heterocycles. The maximum atomic E-state index is 13.8. The number of likely N-dealkylation sites (N-methyl/N-ethyl adjacent to an activating group) is 1. The van der Waals surface area contributed by atoms with E-state index in [1.54, 1.807) is 42.2 Å². The van der Waals surface area contributed by atoms with E-state index in [4.69, 9.17) is 4.74 Å². The Bertz CT molecular complexity index is 1570. The van der Waals surface area contributed by atoms with E-state index in [-0.39, 0.29) is 17.7 Å². The van der Waals surface area contributed by atoms with Gasteiger partial charge in [0.2, 0.25) is 5.95 Å². The minimum atomic E-state index is -4.62. The van der Waals surface area contributed by atoms with Crippen LogP contribution in [-0.4, -0.2) is 58.7 Å². The standard InChI is InChI=1S/C29H32F3N9O2/c1-33-7-8-34-16-19-4-3-18(11-24(19)29(30,31)32)27(42)39-21-12-22(14-23(13-21)43-2)40-28-35-9-10-41(28)26-15-25(36-17-37-26)38-20-5-6-20/h3-4,9-15,17,20,33-34H,5-8,16H2,1-2H3,(H,35,40)(H,39,42)(H,36,37,38). The van der Waals surface area contributed by atoms with E-state index in [0.717, 1.165) is 18.9 Å². The minimum Gasteiger partial charge on any atom is -0.497 e. The van der Waals surface area contributed by atoms with Crippen molar-refractivity contribution in [2.24, 2.45) is 0 Å². The number of amides is 1. The van der Waals surface area contributed by atoms with E-state index in [1.165, 1.54) is 25.6 Å². The van der Waals surface area contributed by atoms with Gasteiger partial charge in [-0.05, 0) is 43.7 Å². The summed E-state index contributed by atoms with van der Waals surface area (Å²) in [5.41, 5.74) is -0.0981. The second kappa shape index (κ2) is 13.1. The number of hydrogen-bond donors (Lipinski definition) is 5. The second-order valence-corrected chi connectivity index (χ2v) is 9.98. The van der Waals surface area contributed by atoms with Crippen LogP contribution in [0.1, 0.15) is 34.3 Å². The summed E-state index contributed by atoms with van der Waals surface area (Å²) in [6.07, 6.45) is 2.42. The zero-order valence-corrected chi connectivity index (χ0v) is 23.6. The van der Waals surface area contributed by atoms with Gasteiger partial charge >= 0.3 is 6.18 Å². The molecule has 226 valence electrons. The summed E-state index contributed by atoms with van der Waals surface area (Å²) < 4.78 is 48.7. The van der Waals surface area contributed by atoms with Crippen LogP contribution in [-0.2, 0) is 12.7 Å². The number of ether oxygens (including phenoxy) is 1. The quantitative estimate of drug-likeness (QED) is 0.141. The first-order chi connectivity index (χ1) is 20.7. The SMILES string of the molecule is CNCCNCc1ccc(C(=O)Nc2cc(Nc3nccn3-c3cc(NC4CC4)ncn3)cc(OC)c2)cc1C(F)(F)F. The Morgan fingerprint density at radius 1 is 1.05 bits per heavy atom. The number of rotatable bonds is 13. The average Bonchev–Trinajstić information content (AvgIpc) is 3.68. The lowest BCUT2D eigenvalue weighted by Crippen LogP contribution is -2.26. The van der Waals surface area contributed by atoms with Crippen molar-refractivity contribution < 1.29 is 22.7 Å². The zero-order chi connectivity index (χ0) is 30.4. The van der Waals surface area contributed by atoms with Crippen LogP contribution in [0.4, 0.5) is 36.3 Å². The summed E-state index contributed by atoms with van der Waals surface area (Å²) in [4.78, 5) is 26.1. The second-order valence-electron chi connectivity index (χ2n) is 9.98. The topological polar surface area (TPSA) is 130 Å². The molecule has 2 heterocycles. The Labute approximate surface area is 246 Å². The molecule has 14 heteroatoms. The van der Waals surface area contributed by atoms with Crippen molar-refractivity contribution in [2.45, 2.75) is 31.6 Å². The average molecular weight is 596 g/mol. The lowest BCUT2D eigenvalue weighted by atomic mass is 10.0. The largest absolute Gasteiger partial charge is 0.497 e. The van der Waals surface area contributed by atoms with Gasteiger partial charge in [0.05, 0.1) is 12.7 Å². The van der Waals surface area contributed by atoms with E-state index >= 15 is 0 Å². The number of hydrogen-bond acceptors (Lipinski definition) is 9. The third kappa shape index (κ3) is 7.78. The first kappa shape index (κ1) is 29.8. The number of nitrogens with zero attached hydrogens (tertiary/aromatic N) is 4. The monoisotopic (exact) mass is 595 g/mol. The van der Waals surface area contributed by atoms with Gasteiger partial charge in [-0.15, -0.1) is 0 Å². The summed E-state index contributed by atoms with van der Waals surface area (Å²) >= 11 is 0. The van der Waals surface area contributed by atoms with Crippen LogP contribution in [0.2, 0.25) is 0 Å². The van der Waals surface area contributed by atoms with Gasteiger partial charge in [-0.25, -0.2) is 15.0 Å². The number of halogens is 3. The van der Waals surface area contributed by atoms with Crippen LogP contribution >= 0.6 is 0 Å². The van der Waals surface area contributed by atoms with Crippen molar-refractivity contribution >= 4 is 29.0 Å². The summed E-state index contributed by atoms with van der Waals surface area (Å²) in [5, 5.41) is 15.1. The molecule has 1 saturated carbocycles. The van der Waals surface area contributed by atoms with Gasteiger partial charge in [0.25, 0.3) is 5.91 Å². The van der Waals surface area contributed by atoms with E-state index in [2.05, 4.69) is 41.5 Å². The highest BCUT2D eigenvalue weighted by Gasteiger charge is 2.34. The third-order valence-electron chi connectivity index (χ3n) is 6.67. The fraction of sp³-hybridized carbons (Fsp3) is 0.310. The third-order valence-corrected chi connectivity index (χ3v) is 6.67. The van der Waals surface area contributed by atoms with Crippen molar-refractivity contribution in [3.8, 4) is 11.6 Å². The Hall–Kier alpha value is -4.69. The van der Waals surface area contributed by atoms with Gasteiger partial charge in [-0.3, -0.25) is 9.36 Å². The van der Waals surface area contributed by atoms with Crippen molar-refractivity contribution in [1.82, 2.24) is 30.2 Å². The van der Waals surface area contributed by atoms with Crippen molar-refractivity contribution in [3.63, 3.8) is 0 Å². The summed E-state index contributed by atoms with van der Waals surface area (Å²) in [5.74, 6) is 1.46. The van der Waals surface area contributed by atoms with Gasteiger partial charge in [0, 0.05) is 73.2 Å². The minimum absolute atomic E-state index is 0.0203. The highest BCUT2D eigenvalue weighted by molar-refractivity contribution is 6.04. The molecule has 5 N–H and O–H groups in total. The molecular weight excluding hydrogens is 563 g/mol. The molecule has 5 rings (SSSR count). The molecule has 2 aromatic carbocycles. The molecular formula is C29H32F3N9O2. The number of alkyl halides is 3. The summed E-state index contributed by atoms with van der Waals surface area (Å²) in [7, 11) is 3.23. The molecule has 0 atom stereocenters. The van der Waals surface area contributed by atoms with Crippen molar-refractivity contribution in [3.05, 3.63) is 77.9 Å². The van der Waals surface area contributed by atoms with Crippen LogP contribution in [0.3, 0.4) is 0 Å². The van der Waals surface area contributed by atoms with Gasteiger partial charge < -0.3 is 31.3 Å². The number of aromatic nitrogens is 4. The number of benzene rings is 2. The maximum Gasteiger partial charge on any atom is 0.416 e. The number of anilines is 4. The molecule has 11 nitrogen and oxygen atoms in total. The molecule has 4 aromatic rings. The molecule has 2 aromatic heterocycles. The molecule has 1 amide bonds. The van der Waals surface area contributed by atoms with Crippen LogP contribution in [0.15, 0.2) is 61.2 Å². The Morgan fingerprint density at radius 2 is 1.86 bits per heavy atom. The van der Waals surface area contributed by atoms with Crippen molar-refractivity contribution in [2.75, 3.05) is 43.2 Å². The van der Waals surface area contributed by atoms with Gasteiger partial charge in [0.1, 0.15) is 23.7 Å². The van der Waals surface area contributed by atoms with Gasteiger partial charge in [0.15, 0.2) is 0 Å². The van der Waals surface area contributed by atoms with Crippen LogP contribution in [0, 0.1) is 0 Å². The number of carbonyl (C=O) groups excluding carboxylic acids is 1. The predicted octanol–water partition coefficient (Wildman–Crippen LogP) is 4.57. The first-order valence-corrected chi connectivity index (χ1v) is 13.7. The number of nitrogens with one attached hydrogen (secondary N) is 5. The molecule has 0 spiro atoms. The van der Waals surface area contributed by atoms with Crippen LogP contribution in [0.25, 0.3) is 5.82 Å². The highest BCUT2D eigenvalue weighted by Crippen LogP contribution is 2.33. The predicted molar refractivity (Wildman–Crippen MR) is 157 cm³/mol. The molecule has 1 aliphatic carbocycles. The van der Waals surface area contributed by atoms with E-state index in [1.807, 2.05) is 6.07 Å². The number of imidazole rings is 1. The van der Waals surface area contributed by atoms with E-state index in [9.17, 15) is 18.0 Å². The lowest BCUT2D eigenvalue weighted by molar-refractivity contribution is -0.138. The van der Waals surface area contributed by atoms with Crippen molar-refractivity contribution in [1.29, 1.82) is 0 Å². The van der Waals surface area contributed by atoms with Gasteiger partial charge in [-0.2, -0.15) is 13.2 Å². The Balaban J connectivity index is 1.34. The zero-order valence-electron chi connectivity index (χ0n) is 23.6. The fourth-order valence-electron chi connectivity index (χ4n) is 4.34. The molecule has 0 radical (unpaired) electrons. The fourth-order valence-corrected chi connectivity index (χ4v) is 4.34. The first-order valence-electron chi connectivity index (χ1n) is 13.7. The summed E-state index contributed by atoms with van der Waals surface area (Å²) in [6.45, 7) is 1.13. The normalized spacial score (nSPS) is 13.0. The molecule has 0 bridgehead atoms. The van der Waals surface area contributed by atoms with Crippen LogP contribution in [0.5, 0.6) is 5.75 Å². The Morgan fingerprint density at radius 3 is 2.60 bits per heavy atom. The molecule has 0 aliphatic heterocycles. The molecule has 0 unspecified atom stereocenters. The highest BCUT2D eigenvalue weighted by atomic mass is 19.4. The lowest BCUT2D eigenvalue weighted by Gasteiger charge is -2.16. The molecule has 1 fully saturated rings. The molecule has 1 aliphatic rings. The molecule has 43 heavy (non-hydrogen) atoms. The van der Waals surface area contributed by atoms with E-state index in [0.29, 0.717) is 53.8 Å². The number of methoxy groups -OCH3 is 1. The van der Waals surface area contributed by atoms with Crippen LogP contribution < -0.4 is 31.3 Å². The number of carbonyl (C=O) groups is 1. The summed E-state index contributed by atoms with van der Waals surface area (Å²) in [6, 6.07) is 10.7. The van der Waals surface area contributed by atoms with Gasteiger partial charge in [-0.1, -0.05) is 6.07 Å². The maximum absolute atomic E-state index is 13.8. The Kier molecular flexibility index (Phi) is 9.07. The smallest absolute Gasteiger partial charge is 0.416 e.